The van der Waals surface area contributed by atoms with Crippen molar-refractivity contribution in [1.82, 2.24) is 0 Å². The molecule has 0 spiro atoms. The maximum absolute atomic E-state index is 2.34. The Hall–Kier alpha value is -2.38. The zero-order valence-corrected chi connectivity index (χ0v) is 14.8. The molecule has 118 valence electrons. The van der Waals surface area contributed by atoms with Crippen LogP contribution in [-0.2, 0) is 0 Å². The molecule has 0 radical (unpaired) electrons. The van der Waals surface area contributed by atoms with E-state index in [0.29, 0.717) is 5.92 Å². The van der Waals surface area contributed by atoms with Crippen molar-refractivity contribution in [2.75, 3.05) is 0 Å². The molecule has 4 rings (SSSR count). The van der Waals surface area contributed by atoms with E-state index in [9.17, 15) is 0 Å². The van der Waals surface area contributed by atoms with Crippen molar-refractivity contribution < 1.29 is 0 Å². The number of hydrogen-bond donors (Lipinski definition) is 0. The molecule has 0 aliphatic rings. The molecule has 0 saturated heterocycles. The van der Waals surface area contributed by atoms with E-state index in [2.05, 4.69) is 92.7 Å². The van der Waals surface area contributed by atoms with Gasteiger partial charge in [0.15, 0.2) is 0 Å². The quantitative estimate of drug-likeness (QED) is 0.368. The van der Waals surface area contributed by atoms with Crippen molar-refractivity contribution in [2.24, 2.45) is 0 Å². The summed E-state index contributed by atoms with van der Waals surface area (Å²) in [6, 6.07) is 28.6. The van der Waals surface area contributed by atoms with E-state index in [1.807, 2.05) is 11.3 Å². The molecule has 0 nitrogen and oxygen atoms in total. The first kappa shape index (κ1) is 15.2. The molecule has 3 aromatic carbocycles. The molecule has 1 heteroatoms. The van der Waals surface area contributed by atoms with Gasteiger partial charge in [0.05, 0.1) is 0 Å². The minimum absolute atomic E-state index is 0.571. The number of benzene rings is 3. The normalized spacial score (nSPS) is 11.3. The van der Waals surface area contributed by atoms with Gasteiger partial charge in [0.2, 0.25) is 0 Å². The number of thiophene rings is 1. The van der Waals surface area contributed by atoms with Crippen LogP contribution in [0.15, 0.2) is 78.9 Å². The Morgan fingerprint density at radius 3 is 2.21 bits per heavy atom. The Bertz CT molecular complexity index is 977. The molecule has 0 N–H and O–H groups in total. The second kappa shape index (κ2) is 6.26. The predicted octanol–water partition coefficient (Wildman–Crippen LogP) is 7.36. The molecular formula is C23H20S. The van der Waals surface area contributed by atoms with Crippen molar-refractivity contribution in [3.05, 3.63) is 84.4 Å². The van der Waals surface area contributed by atoms with Crippen LogP contribution in [0.3, 0.4) is 0 Å². The van der Waals surface area contributed by atoms with Crippen LogP contribution >= 0.6 is 11.3 Å². The Morgan fingerprint density at radius 2 is 1.42 bits per heavy atom. The van der Waals surface area contributed by atoms with Gasteiger partial charge in [-0.1, -0.05) is 74.5 Å². The average Bonchev–Trinajstić information content (AvgIpc) is 3.06. The lowest BCUT2D eigenvalue weighted by Crippen LogP contribution is -1.84. The molecule has 1 aromatic heterocycles. The summed E-state index contributed by atoms with van der Waals surface area (Å²) in [6.07, 6.45) is 0. The lowest BCUT2D eigenvalue weighted by atomic mass is 10.0. The fraction of sp³-hybridized carbons (Fsp3) is 0.130. The number of fused-ring (bicyclic) bond motifs is 1. The SMILES string of the molecule is CC(C)c1ccc2cc(-c3cccc(-c4ccccc4)c3)sc2c1. The monoisotopic (exact) mass is 328 g/mol. The van der Waals surface area contributed by atoms with Crippen molar-refractivity contribution in [3.63, 3.8) is 0 Å². The predicted molar refractivity (Wildman–Crippen MR) is 107 cm³/mol. The summed E-state index contributed by atoms with van der Waals surface area (Å²) >= 11 is 1.89. The zero-order valence-electron chi connectivity index (χ0n) is 14.0. The van der Waals surface area contributed by atoms with E-state index < -0.39 is 0 Å². The molecule has 0 atom stereocenters. The van der Waals surface area contributed by atoms with Gasteiger partial charge in [-0.3, -0.25) is 0 Å². The van der Waals surface area contributed by atoms with Gasteiger partial charge in [0.25, 0.3) is 0 Å². The van der Waals surface area contributed by atoms with Crippen LogP contribution in [0.25, 0.3) is 31.7 Å². The number of hydrogen-bond acceptors (Lipinski definition) is 1. The fourth-order valence-electron chi connectivity index (χ4n) is 3.03. The first-order chi connectivity index (χ1) is 11.7. The maximum atomic E-state index is 2.34. The summed E-state index contributed by atoms with van der Waals surface area (Å²) in [7, 11) is 0. The Morgan fingerprint density at radius 1 is 0.667 bits per heavy atom. The highest BCUT2D eigenvalue weighted by atomic mass is 32.1. The van der Waals surface area contributed by atoms with Crippen LogP contribution in [0.5, 0.6) is 0 Å². The van der Waals surface area contributed by atoms with E-state index in [4.69, 9.17) is 0 Å². The smallest absolute Gasteiger partial charge is 0.0355 e. The number of rotatable bonds is 3. The maximum Gasteiger partial charge on any atom is 0.0355 e. The first-order valence-corrected chi connectivity index (χ1v) is 9.22. The van der Waals surface area contributed by atoms with Crippen molar-refractivity contribution in [2.45, 2.75) is 19.8 Å². The van der Waals surface area contributed by atoms with Crippen molar-refractivity contribution >= 4 is 21.4 Å². The second-order valence-electron chi connectivity index (χ2n) is 6.51. The molecule has 0 aliphatic heterocycles. The van der Waals surface area contributed by atoms with Gasteiger partial charge < -0.3 is 0 Å². The molecule has 0 unspecified atom stereocenters. The summed E-state index contributed by atoms with van der Waals surface area (Å²) < 4.78 is 1.38. The lowest BCUT2D eigenvalue weighted by molar-refractivity contribution is 0.869. The standard InChI is InChI=1S/C23H20S/c1-16(2)18-11-12-21-15-23(24-22(21)14-18)20-10-6-9-19(13-20)17-7-4-3-5-8-17/h3-16H,1-2H3. The van der Waals surface area contributed by atoms with Gasteiger partial charge in [0, 0.05) is 9.58 Å². The van der Waals surface area contributed by atoms with Crippen LogP contribution in [0.1, 0.15) is 25.3 Å². The molecular weight excluding hydrogens is 308 g/mol. The topological polar surface area (TPSA) is 0 Å². The molecule has 0 saturated carbocycles. The van der Waals surface area contributed by atoms with Crippen LogP contribution < -0.4 is 0 Å². The molecule has 0 bridgehead atoms. The third kappa shape index (κ3) is 2.88. The van der Waals surface area contributed by atoms with Crippen molar-refractivity contribution in [3.8, 4) is 21.6 Å². The minimum Gasteiger partial charge on any atom is -0.135 e. The van der Waals surface area contributed by atoms with E-state index in [0.717, 1.165) is 0 Å². The fourth-order valence-corrected chi connectivity index (χ4v) is 4.14. The summed E-state index contributed by atoms with van der Waals surface area (Å²) in [4.78, 5) is 1.34. The van der Waals surface area contributed by atoms with Crippen LogP contribution in [0.2, 0.25) is 0 Å². The molecule has 1 heterocycles. The van der Waals surface area contributed by atoms with Crippen LogP contribution in [0.4, 0.5) is 0 Å². The van der Waals surface area contributed by atoms with E-state index in [1.54, 1.807) is 0 Å². The van der Waals surface area contributed by atoms with Gasteiger partial charge in [-0.15, -0.1) is 11.3 Å². The molecule has 0 aliphatic carbocycles. The van der Waals surface area contributed by atoms with E-state index >= 15 is 0 Å². The van der Waals surface area contributed by atoms with Gasteiger partial charge >= 0.3 is 0 Å². The first-order valence-electron chi connectivity index (χ1n) is 8.40. The Balaban J connectivity index is 1.77. The highest BCUT2D eigenvalue weighted by molar-refractivity contribution is 7.22. The van der Waals surface area contributed by atoms with Gasteiger partial charge in [-0.2, -0.15) is 0 Å². The third-order valence-corrected chi connectivity index (χ3v) is 5.61. The average molecular weight is 328 g/mol. The van der Waals surface area contributed by atoms with Gasteiger partial charge in [-0.25, -0.2) is 0 Å². The summed E-state index contributed by atoms with van der Waals surface area (Å²) in [5.74, 6) is 0.571. The van der Waals surface area contributed by atoms with Gasteiger partial charge in [0.1, 0.15) is 0 Å². The lowest BCUT2D eigenvalue weighted by Gasteiger charge is -2.04. The summed E-state index contributed by atoms with van der Waals surface area (Å²) in [5.41, 5.74) is 5.24. The van der Waals surface area contributed by atoms with Crippen LogP contribution in [-0.4, -0.2) is 0 Å². The van der Waals surface area contributed by atoms with E-state index in [-0.39, 0.29) is 0 Å². The highest BCUT2D eigenvalue weighted by Crippen LogP contribution is 2.36. The molecule has 0 amide bonds. The van der Waals surface area contributed by atoms with E-state index in [1.165, 1.54) is 37.2 Å². The largest absolute Gasteiger partial charge is 0.135 e. The second-order valence-corrected chi connectivity index (χ2v) is 7.59. The summed E-state index contributed by atoms with van der Waals surface area (Å²) in [6.45, 7) is 4.50. The molecule has 4 aromatic rings. The Kier molecular flexibility index (Phi) is 3.95. The zero-order chi connectivity index (χ0) is 16.5. The Labute approximate surface area is 147 Å². The highest BCUT2D eigenvalue weighted by Gasteiger charge is 2.08. The molecule has 0 fully saturated rings. The third-order valence-electron chi connectivity index (χ3n) is 4.47. The van der Waals surface area contributed by atoms with Crippen LogP contribution in [0, 0.1) is 0 Å². The van der Waals surface area contributed by atoms with Crippen molar-refractivity contribution in [1.29, 1.82) is 0 Å². The minimum atomic E-state index is 0.571. The summed E-state index contributed by atoms with van der Waals surface area (Å²) in [5, 5.41) is 1.34. The molecule has 24 heavy (non-hydrogen) atoms. The van der Waals surface area contributed by atoms with Gasteiger partial charge in [-0.05, 0) is 51.8 Å².